The molecule has 0 aliphatic rings. The van der Waals surface area contributed by atoms with Crippen LogP contribution in [0.2, 0.25) is 0 Å². The van der Waals surface area contributed by atoms with Gasteiger partial charge in [-0.15, -0.1) is 0 Å². The minimum Gasteiger partial charge on any atom is -0.469 e. The lowest BCUT2D eigenvalue weighted by molar-refractivity contribution is -0.889. The molecule has 0 aromatic heterocycles. The van der Waals surface area contributed by atoms with Gasteiger partial charge >= 0.3 is 23.9 Å². The van der Waals surface area contributed by atoms with Gasteiger partial charge in [0.2, 0.25) is 29.5 Å². The summed E-state index contributed by atoms with van der Waals surface area (Å²) in [5, 5.41) is 13.7. The number of hydrogen-bond acceptors (Lipinski definition) is 19. The summed E-state index contributed by atoms with van der Waals surface area (Å²) in [4.78, 5) is 113. The van der Waals surface area contributed by atoms with Crippen molar-refractivity contribution in [3.8, 4) is 0 Å². The number of likely N-dealkylation sites (N-methyl/N-ethyl adjacent to an activating group) is 1. The van der Waals surface area contributed by atoms with E-state index in [0.717, 1.165) is 51.5 Å². The average Bonchev–Trinajstić information content (AvgIpc) is 3.54. The minimum absolute atomic E-state index is 0.0703. The molecule has 0 aromatic carbocycles. The molecular weight excluding hydrogens is 1160 g/mol. The Morgan fingerprint density at radius 2 is 0.708 bits per heavy atom. The SMILES string of the molecule is COC(=O)CCOCCOCC[N+](C)(C)CCNC(=O)COCCOCCNC(=O)COCCOCCNC(=O)CC[C@H](NC(=O)CC[C@H](NC(=O)CCCCCCCCCCCCCCCCC(=O)OC(C)(C)C)C(=O)OC(C)(C)C)C(=O)OC(C)(C)C. The zero-order valence-electron chi connectivity index (χ0n) is 56.7. The predicted molar refractivity (Wildman–Crippen MR) is 336 cm³/mol. The molecule has 518 valence electrons. The number of esters is 4. The number of ether oxygens (including phenoxy) is 10. The lowest BCUT2D eigenvalue weighted by Crippen LogP contribution is -2.47. The first-order valence-corrected chi connectivity index (χ1v) is 32.4. The highest BCUT2D eigenvalue weighted by atomic mass is 16.6. The molecule has 0 aliphatic carbocycles. The first-order valence-electron chi connectivity index (χ1n) is 32.4. The van der Waals surface area contributed by atoms with Crippen molar-refractivity contribution in [3.63, 3.8) is 0 Å². The van der Waals surface area contributed by atoms with Gasteiger partial charge in [-0.1, -0.05) is 77.0 Å². The van der Waals surface area contributed by atoms with E-state index >= 15 is 0 Å². The van der Waals surface area contributed by atoms with Gasteiger partial charge in [-0.2, -0.15) is 0 Å². The number of hydrogen-bond donors (Lipinski definition) is 5. The maximum absolute atomic E-state index is 13.3. The maximum Gasteiger partial charge on any atom is 0.329 e. The topological polar surface area (TPSA) is 306 Å². The van der Waals surface area contributed by atoms with Gasteiger partial charge in [0.1, 0.15) is 48.6 Å². The Morgan fingerprint density at radius 1 is 0.348 bits per heavy atom. The number of rotatable bonds is 55. The summed E-state index contributed by atoms with van der Waals surface area (Å²) in [6.45, 7) is 20.6. The maximum atomic E-state index is 13.3. The molecule has 0 unspecified atom stereocenters. The van der Waals surface area contributed by atoms with Crippen LogP contribution in [0, 0.1) is 0 Å². The van der Waals surface area contributed by atoms with E-state index in [1.54, 1.807) is 41.5 Å². The van der Waals surface area contributed by atoms with Crippen LogP contribution in [-0.4, -0.2) is 220 Å². The van der Waals surface area contributed by atoms with Crippen molar-refractivity contribution in [1.82, 2.24) is 26.6 Å². The summed E-state index contributed by atoms with van der Waals surface area (Å²) in [6.07, 6.45) is 15.6. The highest BCUT2D eigenvalue weighted by Crippen LogP contribution is 2.17. The third kappa shape index (κ3) is 56.7. The number of amides is 5. The molecule has 0 rings (SSSR count). The Morgan fingerprint density at radius 3 is 1.15 bits per heavy atom. The van der Waals surface area contributed by atoms with E-state index in [1.807, 2.05) is 34.9 Å². The molecule has 0 aromatic rings. The van der Waals surface area contributed by atoms with Gasteiger partial charge in [0.05, 0.1) is 107 Å². The van der Waals surface area contributed by atoms with E-state index in [0.29, 0.717) is 50.2 Å². The molecule has 25 heteroatoms. The van der Waals surface area contributed by atoms with Crippen LogP contribution in [0.1, 0.15) is 197 Å². The molecule has 2 atom stereocenters. The van der Waals surface area contributed by atoms with Crippen molar-refractivity contribution in [2.75, 3.05) is 133 Å². The second-order valence-corrected chi connectivity index (χ2v) is 25.7. The molecule has 0 spiro atoms. The standard InChI is InChI=1S/C64H118N6O19/c1-62(2,3)87-59(77)28-26-24-22-20-18-16-14-13-15-17-19-21-23-25-27-54(72)68-52(61(79)89-64(7,8)9)30-32-55(73)69-51(60(78)88-63(4,5)6)29-31-53(71)66-35-40-82-45-48-86-50-57(75)67-36-41-83-46-47-85-49-56(74)65-34-37-70(10,11)38-42-84-44-43-81-39-33-58(76)80-12/h51-52H,13-50H2,1-12H3,(H4-,65,66,67,68,69,71,72,73,74,75)/p+1/t51-,52-/m0/s1. The number of nitrogens with zero attached hydrogens (tertiary/aromatic N) is 1. The van der Waals surface area contributed by atoms with Crippen LogP contribution in [0.15, 0.2) is 0 Å². The van der Waals surface area contributed by atoms with Crippen LogP contribution in [0.25, 0.3) is 0 Å². The van der Waals surface area contributed by atoms with Crippen LogP contribution in [0.4, 0.5) is 0 Å². The molecule has 5 N–H and O–H groups in total. The molecule has 25 nitrogen and oxygen atoms in total. The lowest BCUT2D eigenvalue weighted by Gasteiger charge is -2.29. The quantitative estimate of drug-likeness (QED) is 0.0206. The third-order valence-corrected chi connectivity index (χ3v) is 13.1. The summed E-state index contributed by atoms with van der Waals surface area (Å²) in [6, 6.07) is -2.27. The number of methoxy groups -OCH3 is 1. The Kier molecular flexibility index (Phi) is 47.7. The average molecular weight is 1280 g/mol. The zero-order chi connectivity index (χ0) is 66.8. The molecule has 0 saturated heterocycles. The number of carbonyl (C=O) groups is 9. The minimum atomic E-state index is -1.17. The fourth-order valence-corrected chi connectivity index (χ4v) is 8.38. The van der Waals surface area contributed by atoms with Gasteiger partial charge < -0.3 is 78.4 Å². The number of carbonyl (C=O) groups excluding carboxylic acids is 9. The fourth-order valence-electron chi connectivity index (χ4n) is 8.38. The molecule has 0 radical (unpaired) electrons. The van der Waals surface area contributed by atoms with Crippen molar-refractivity contribution >= 4 is 53.4 Å². The first-order chi connectivity index (χ1) is 42.0. The van der Waals surface area contributed by atoms with Crippen molar-refractivity contribution in [3.05, 3.63) is 0 Å². The van der Waals surface area contributed by atoms with Gasteiger partial charge in [-0.25, -0.2) is 9.59 Å². The van der Waals surface area contributed by atoms with Gasteiger partial charge in [0.15, 0.2) is 0 Å². The fraction of sp³-hybridized carbons (Fsp3) is 0.859. The molecule has 0 heterocycles. The number of unbranched alkanes of at least 4 members (excludes halogenated alkanes) is 13. The van der Waals surface area contributed by atoms with Crippen LogP contribution in [0.5, 0.6) is 0 Å². The van der Waals surface area contributed by atoms with E-state index in [1.165, 1.54) is 45.6 Å². The summed E-state index contributed by atoms with van der Waals surface area (Å²) >= 11 is 0. The predicted octanol–water partition coefficient (Wildman–Crippen LogP) is 5.87. The van der Waals surface area contributed by atoms with Gasteiger partial charge in [-0.3, -0.25) is 33.6 Å². The Bertz CT molecular complexity index is 1970. The first kappa shape index (κ1) is 84.0. The summed E-state index contributed by atoms with van der Waals surface area (Å²) in [5.41, 5.74) is -2.15. The number of nitrogens with one attached hydrogen (secondary N) is 5. The second kappa shape index (κ2) is 50.6. The molecule has 0 bridgehead atoms. The van der Waals surface area contributed by atoms with E-state index in [9.17, 15) is 43.2 Å². The molecule has 0 fully saturated rings. The van der Waals surface area contributed by atoms with Gasteiger partial charge in [0, 0.05) is 38.8 Å². The van der Waals surface area contributed by atoms with Gasteiger partial charge in [0.25, 0.3) is 0 Å². The van der Waals surface area contributed by atoms with Crippen molar-refractivity contribution < 1.29 is 95.0 Å². The summed E-state index contributed by atoms with van der Waals surface area (Å²) in [5.74, 6) is -3.69. The summed E-state index contributed by atoms with van der Waals surface area (Å²) < 4.78 is 54.4. The van der Waals surface area contributed by atoms with E-state index in [2.05, 4.69) is 31.3 Å². The van der Waals surface area contributed by atoms with E-state index in [-0.39, 0.29) is 141 Å². The molecule has 5 amide bonds. The monoisotopic (exact) mass is 1280 g/mol. The van der Waals surface area contributed by atoms with Crippen LogP contribution in [0.3, 0.4) is 0 Å². The van der Waals surface area contributed by atoms with E-state index in [4.69, 9.17) is 42.6 Å². The van der Waals surface area contributed by atoms with Gasteiger partial charge in [-0.05, 0) is 88.0 Å². The highest BCUT2D eigenvalue weighted by molar-refractivity contribution is 5.87. The van der Waals surface area contributed by atoms with Crippen molar-refractivity contribution in [2.45, 2.75) is 226 Å². The Hall–Kier alpha value is -5.05. The van der Waals surface area contributed by atoms with Crippen molar-refractivity contribution in [1.29, 1.82) is 0 Å². The molecule has 89 heavy (non-hydrogen) atoms. The van der Waals surface area contributed by atoms with Crippen molar-refractivity contribution in [2.24, 2.45) is 0 Å². The Labute approximate surface area is 532 Å². The Balaban J connectivity index is 4.41. The largest absolute Gasteiger partial charge is 0.469 e. The third-order valence-electron chi connectivity index (χ3n) is 13.1. The molecule has 0 saturated carbocycles. The van der Waals surface area contributed by atoms with Crippen LogP contribution >= 0.6 is 0 Å². The molecular formula is C64H119N6O19+. The lowest BCUT2D eigenvalue weighted by atomic mass is 10.0. The zero-order valence-corrected chi connectivity index (χ0v) is 56.7. The number of quaternary nitrogens is 1. The van der Waals surface area contributed by atoms with E-state index < -0.39 is 52.6 Å². The highest BCUT2D eigenvalue weighted by Gasteiger charge is 2.30. The normalized spacial score (nSPS) is 12.5. The van der Waals surface area contributed by atoms with Crippen LogP contribution in [-0.2, 0) is 90.5 Å². The summed E-state index contributed by atoms with van der Waals surface area (Å²) in [7, 11) is 5.42. The second-order valence-electron chi connectivity index (χ2n) is 25.7. The van der Waals surface area contributed by atoms with Crippen LogP contribution < -0.4 is 26.6 Å². The smallest absolute Gasteiger partial charge is 0.329 e. The molecule has 0 aliphatic heterocycles.